The van der Waals surface area contributed by atoms with Gasteiger partial charge in [0.2, 0.25) is 0 Å². The fourth-order valence-corrected chi connectivity index (χ4v) is 2.10. The highest BCUT2D eigenvalue weighted by Crippen LogP contribution is 2.28. The topological polar surface area (TPSA) is 21.3 Å². The molecular weight excluding hydrogens is 328 g/mol. The van der Waals surface area contributed by atoms with Crippen molar-refractivity contribution < 1.29 is 13.5 Å². The van der Waals surface area contributed by atoms with E-state index in [1.165, 1.54) is 12.1 Å². The van der Waals surface area contributed by atoms with Gasteiger partial charge >= 0.3 is 0 Å². The van der Waals surface area contributed by atoms with Crippen LogP contribution in [0.4, 0.5) is 8.78 Å². The molecule has 0 saturated carbocycles. The molecule has 1 unspecified atom stereocenters. The third-order valence-electron chi connectivity index (χ3n) is 2.75. The van der Waals surface area contributed by atoms with Crippen molar-refractivity contribution in [3.63, 3.8) is 0 Å². The molecule has 114 valence electrons. The smallest absolute Gasteiger partial charge is 0.145 e. The molecule has 0 aliphatic carbocycles. The van der Waals surface area contributed by atoms with Crippen LogP contribution in [-0.2, 0) is 4.74 Å². The van der Waals surface area contributed by atoms with Gasteiger partial charge in [-0.2, -0.15) is 0 Å². The lowest BCUT2D eigenvalue weighted by Crippen LogP contribution is -2.32. The Balaban J connectivity index is 3.01. The summed E-state index contributed by atoms with van der Waals surface area (Å²) in [5.41, 5.74) is -0.331. The first-order chi connectivity index (χ1) is 9.26. The first kappa shape index (κ1) is 17.5. The lowest BCUT2D eigenvalue weighted by atomic mass is 10.1. The molecule has 0 fully saturated rings. The second-order valence-electron chi connectivity index (χ2n) is 5.69. The molecule has 0 aromatic heterocycles. The highest BCUT2D eigenvalue weighted by Gasteiger charge is 2.23. The Hall–Kier alpha value is -0.520. The fraction of sp³-hybridized carbons (Fsp3) is 0.600. The van der Waals surface area contributed by atoms with Crippen molar-refractivity contribution in [3.05, 3.63) is 33.8 Å². The first-order valence-electron chi connectivity index (χ1n) is 6.77. The van der Waals surface area contributed by atoms with Crippen molar-refractivity contribution in [2.75, 3.05) is 13.2 Å². The molecule has 0 bridgehead atoms. The van der Waals surface area contributed by atoms with Crippen LogP contribution >= 0.6 is 15.9 Å². The van der Waals surface area contributed by atoms with Crippen LogP contribution in [0.2, 0.25) is 0 Å². The Morgan fingerprint density at radius 2 is 1.95 bits per heavy atom. The van der Waals surface area contributed by atoms with E-state index in [0.717, 1.165) is 6.42 Å². The van der Waals surface area contributed by atoms with E-state index in [2.05, 4.69) is 21.2 Å². The third kappa shape index (κ3) is 5.11. The van der Waals surface area contributed by atoms with Gasteiger partial charge in [-0.25, -0.2) is 8.78 Å². The van der Waals surface area contributed by atoms with E-state index in [1.54, 1.807) is 0 Å². The molecule has 0 heterocycles. The van der Waals surface area contributed by atoms with Gasteiger partial charge in [0.05, 0.1) is 22.7 Å². The maximum atomic E-state index is 14.2. The molecule has 1 atom stereocenters. The maximum absolute atomic E-state index is 14.2. The van der Waals surface area contributed by atoms with Crippen LogP contribution in [0.5, 0.6) is 0 Å². The van der Waals surface area contributed by atoms with Gasteiger partial charge in [0.15, 0.2) is 0 Å². The number of hydrogen-bond acceptors (Lipinski definition) is 2. The molecule has 1 aromatic carbocycles. The highest BCUT2D eigenvalue weighted by atomic mass is 79.9. The standard InChI is InChI=1S/C15H22BrF2NO/c1-5-8-19-12(9-20-15(2,3)4)13-11(17)7-6-10(16)14(13)18/h6-7,12,19H,5,8-9H2,1-4H3. The van der Waals surface area contributed by atoms with Gasteiger partial charge < -0.3 is 10.1 Å². The molecule has 0 spiro atoms. The van der Waals surface area contributed by atoms with Crippen LogP contribution in [0.1, 0.15) is 45.7 Å². The van der Waals surface area contributed by atoms with Crippen LogP contribution in [-0.4, -0.2) is 18.8 Å². The van der Waals surface area contributed by atoms with Crippen molar-refractivity contribution in [2.45, 2.75) is 45.8 Å². The van der Waals surface area contributed by atoms with E-state index in [4.69, 9.17) is 4.74 Å². The van der Waals surface area contributed by atoms with E-state index in [-0.39, 0.29) is 22.2 Å². The number of rotatable bonds is 6. The average molecular weight is 350 g/mol. The zero-order valence-corrected chi connectivity index (χ0v) is 14.0. The molecule has 1 aromatic rings. The summed E-state index contributed by atoms with van der Waals surface area (Å²) in [6.07, 6.45) is 0.878. The van der Waals surface area contributed by atoms with Crippen LogP contribution in [0.3, 0.4) is 0 Å². The number of hydrogen-bond donors (Lipinski definition) is 1. The molecule has 20 heavy (non-hydrogen) atoms. The summed E-state index contributed by atoms with van der Waals surface area (Å²) >= 11 is 3.10. The van der Waals surface area contributed by atoms with Gasteiger partial charge in [-0.05, 0) is 61.8 Å². The average Bonchev–Trinajstić information content (AvgIpc) is 2.35. The SMILES string of the molecule is CCCNC(COC(C)(C)C)c1c(F)ccc(Br)c1F. The second-order valence-corrected chi connectivity index (χ2v) is 6.54. The Kier molecular flexibility index (Phi) is 6.55. The fourth-order valence-electron chi connectivity index (χ4n) is 1.76. The Labute approximate surface area is 128 Å². The molecule has 0 aliphatic rings. The number of benzene rings is 1. The van der Waals surface area contributed by atoms with Crippen molar-refractivity contribution in [3.8, 4) is 0 Å². The van der Waals surface area contributed by atoms with Crippen molar-refractivity contribution >= 4 is 15.9 Å². The Morgan fingerprint density at radius 1 is 1.30 bits per heavy atom. The molecule has 5 heteroatoms. The van der Waals surface area contributed by atoms with Crippen LogP contribution < -0.4 is 5.32 Å². The summed E-state index contributed by atoms with van der Waals surface area (Å²) in [5, 5.41) is 3.14. The van der Waals surface area contributed by atoms with E-state index in [9.17, 15) is 8.78 Å². The van der Waals surface area contributed by atoms with Gasteiger partial charge in [0.1, 0.15) is 11.6 Å². The predicted molar refractivity (Wildman–Crippen MR) is 80.8 cm³/mol. The minimum absolute atomic E-state index is 0.0251. The summed E-state index contributed by atoms with van der Waals surface area (Å²) in [7, 11) is 0. The quantitative estimate of drug-likeness (QED) is 0.758. The van der Waals surface area contributed by atoms with Crippen LogP contribution in [0, 0.1) is 11.6 Å². The minimum atomic E-state index is -0.573. The third-order valence-corrected chi connectivity index (χ3v) is 3.36. The molecule has 1 rings (SSSR count). The highest BCUT2D eigenvalue weighted by molar-refractivity contribution is 9.10. The molecular formula is C15H22BrF2NO. The van der Waals surface area contributed by atoms with Crippen LogP contribution in [0.25, 0.3) is 0 Å². The van der Waals surface area contributed by atoms with Gasteiger partial charge in [-0.3, -0.25) is 0 Å². The second kappa shape index (κ2) is 7.48. The van der Waals surface area contributed by atoms with Gasteiger partial charge in [-0.15, -0.1) is 0 Å². The first-order valence-corrected chi connectivity index (χ1v) is 7.56. The van der Waals surface area contributed by atoms with Crippen LogP contribution in [0.15, 0.2) is 16.6 Å². The summed E-state index contributed by atoms with van der Waals surface area (Å²) in [4.78, 5) is 0. The van der Waals surface area contributed by atoms with Crippen molar-refractivity contribution in [1.82, 2.24) is 5.32 Å². The summed E-state index contributed by atoms with van der Waals surface area (Å²) in [6, 6.07) is 2.13. The van der Waals surface area contributed by atoms with Gasteiger partial charge in [0, 0.05) is 5.56 Å². The normalized spacial score (nSPS) is 13.6. The molecule has 0 aliphatic heterocycles. The Morgan fingerprint density at radius 3 is 2.50 bits per heavy atom. The lowest BCUT2D eigenvalue weighted by molar-refractivity contribution is -0.0156. The zero-order chi connectivity index (χ0) is 15.3. The summed E-state index contributed by atoms with van der Waals surface area (Å²) in [6.45, 7) is 8.63. The minimum Gasteiger partial charge on any atom is -0.374 e. The lowest BCUT2D eigenvalue weighted by Gasteiger charge is -2.26. The number of nitrogens with one attached hydrogen (secondary N) is 1. The zero-order valence-electron chi connectivity index (χ0n) is 12.4. The molecule has 2 nitrogen and oxygen atoms in total. The molecule has 0 saturated heterocycles. The van der Waals surface area contributed by atoms with E-state index >= 15 is 0 Å². The van der Waals surface area contributed by atoms with Gasteiger partial charge in [0.25, 0.3) is 0 Å². The van der Waals surface area contributed by atoms with Gasteiger partial charge in [-0.1, -0.05) is 6.92 Å². The van der Waals surface area contributed by atoms with Crippen molar-refractivity contribution in [1.29, 1.82) is 0 Å². The summed E-state index contributed by atoms with van der Waals surface area (Å²) in [5.74, 6) is -1.13. The molecule has 1 N–H and O–H groups in total. The number of halogens is 3. The van der Waals surface area contributed by atoms with E-state index in [1.807, 2.05) is 27.7 Å². The van der Waals surface area contributed by atoms with Crippen molar-refractivity contribution in [2.24, 2.45) is 0 Å². The largest absolute Gasteiger partial charge is 0.374 e. The summed E-state index contributed by atoms with van der Waals surface area (Å²) < 4.78 is 34.1. The predicted octanol–water partition coefficient (Wildman–Crippen LogP) is 4.58. The van der Waals surface area contributed by atoms with E-state index < -0.39 is 17.7 Å². The number of ether oxygens (including phenoxy) is 1. The molecule has 0 radical (unpaired) electrons. The Bertz CT molecular complexity index is 446. The maximum Gasteiger partial charge on any atom is 0.145 e. The monoisotopic (exact) mass is 349 g/mol. The molecule has 0 amide bonds. The van der Waals surface area contributed by atoms with E-state index in [0.29, 0.717) is 6.54 Å².